The van der Waals surface area contributed by atoms with E-state index in [9.17, 15) is 18.0 Å². The Morgan fingerprint density at radius 1 is 1.08 bits per heavy atom. The lowest BCUT2D eigenvalue weighted by Crippen LogP contribution is -2.14. The lowest BCUT2D eigenvalue weighted by Gasteiger charge is -2.22. The quantitative estimate of drug-likeness (QED) is 0.820. The Morgan fingerprint density at radius 2 is 1.75 bits per heavy atom. The molecule has 1 fully saturated rings. The van der Waals surface area contributed by atoms with Gasteiger partial charge in [-0.3, -0.25) is 4.79 Å². The van der Waals surface area contributed by atoms with E-state index in [-0.39, 0.29) is 22.5 Å². The van der Waals surface area contributed by atoms with Gasteiger partial charge in [-0.15, -0.1) is 0 Å². The van der Waals surface area contributed by atoms with E-state index in [4.69, 9.17) is 11.6 Å². The summed E-state index contributed by atoms with van der Waals surface area (Å²) in [6.07, 6.45) is 0.396. The number of anilines is 1. The first kappa shape index (κ1) is 16.8. The van der Waals surface area contributed by atoms with Crippen LogP contribution in [-0.4, -0.2) is 19.5 Å². The smallest absolute Gasteiger partial charge is 0.211 e. The maximum absolute atomic E-state index is 14.4. The number of hydrogen-bond donors (Lipinski definition) is 2. The van der Waals surface area contributed by atoms with Crippen molar-refractivity contribution in [2.75, 3.05) is 18.4 Å². The van der Waals surface area contributed by atoms with Crippen molar-refractivity contribution in [2.24, 2.45) is 0 Å². The van der Waals surface area contributed by atoms with Gasteiger partial charge >= 0.3 is 0 Å². The van der Waals surface area contributed by atoms with E-state index in [1.165, 1.54) is 6.07 Å². The zero-order valence-electron chi connectivity index (χ0n) is 12.5. The van der Waals surface area contributed by atoms with Crippen LogP contribution in [0.25, 0.3) is 0 Å². The summed E-state index contributed by atoms with van der Waals surface area (Å²) >= 11 is 5.85. The zero-order chi connectivity index (χ0) is 17.3. The van der Waals surface area contributed by atoms with Gasteiger partial charge in [0.2, 0.25) is 6.41 Å². The molecule has 1 aliphatic rings. The Bertz CT molecular complexity index is 785. The molecule has 0 aliphatic carbocycles. The van der Waals surface area contributed by atoms with Crippen LogP contribution in [0.4, 0.5) is 18.9 Å². The van der Waals surface area contributed by atoms with Gasteiger partial charge in [0.05, 0.1) is 5.02 Å². The third-order valence-electron chi connectivity index (χ3n) is 4.30. The monoisotopic (exact) mass is 354 g/mol. The topological polar surface area (TPSA) is 41.1 Å². The van der Waals surface area contributed by atoms with Gasteiger partial charge in [-0.2, -0.15) is 0 Å². The van der Waals surface area contributed by atoms with Crippen LogP contribution in [0.5, 0.6) is 0 Å². The first-order valence-corrected chi connectivity index (χ1v) is 7.74. The Labute approximate surface area is 141 Å². The number of nitrogens with one attached hydrogen (secondary N) is 2. The number of carbonyl (C=O) groups excluding carboxylic acids is 1. The number of carbonyl (C=O) groups is 1. The highest BCUT2D eigenvalue weighted by Gasteiger charge is 2.34. The highest BCUT2D eigenvalue weighted by Crippen LogP contribution is 2.41. The van der Waals surface area contributed by atoms with Gasteiger partial charge in [0.15, 0.2) is 11.6 Å². The number of amides is 1. The number of benzene rings is 2. The van der Waals surface area contributed by atoms with Gasteiger partial charge in [-0.1, -0.05) is 23.7 Å². The molecule has 0 bridgehead atoms. The maximum Gasteiger partial charge on any atom is 0.211 e. The van der Waals surface area contributed by atoms with E-state index >= 15 is 0 Å². The van der Waals surface area contributed by atoms with E-state index in [1.54, 1.807) is 12.1 Å². The molecule has 7 heteroatoms. The van der Waals surface area contributed by atoms with Crippen LogP contribution in [0, 0.1) is 17.5 Å². The van der Waals surface area contributed by atoms with E-state index in [2.05, 4.69) is 10.6 Å². The fourth-order valence-corrected chi connectivity index (χ4v) is 3.38. The van der Waals surface area contributed by atoms with E-state index < -0.39 is 17.5 Å². The van der Waals surface area contributed by atoms with Crippen molar-refractivity contribution in [2.45, 2.75) is 11.8 Å². The Morgan fingerprint density at radius 3 is 2.46 bits per heavy atom. The fraction of sp³-hybridized carbons (Fsp3) is 0.235. The molecule has 0 spiro atoms. The third kappa shape index (κ3) is 2.99. The highest BCUT2D eigenvalue weighted by atomic mass is 35.5. The highest BCUT2D eigenvalue weighted by molar-refractivity contribution is 6.30. The molecule has 126 valence electrons. The summed E-state index contributed by atoms with van der Waals surface area (Å²) in [6, 6.07) is 6.70. The minimum absolute atomic E-state index is 0.00896. The molecule has 1 amide bonds. The lowest BCUT2D eigenvalue weighted by molar-refractivity contribution is -0.105. The van der Waals surface area contributed by atoms with E-state index in [1.807, 2.05) is 0 Å². The molecule has 2 atom stereocenters. The molecule has 2 aromatic carbocycles. The molecule has 3 nitrogen and oxygen atoms in total. The third-order valence-corrected chi connectivity index (χ3v) is 4.59. The second-order valence-electron chi connectivity index (χ2n) is 5.63. The molecule has 2 N–H and O–H groups in total. The van der Waals surface area contributed by atoms with Gasteiger partial charge in [0.25, 0.3) is 0 Å². The predicted molar refractivity (Wildman–Crippen MR) is 85.8 cm³/mol. The Balaban J connectivity index is 2.06. The van der Waals surface area contributed by atoms with Crippen LogP contribution in [0.15, 0.2) is 30.3 Å². The molecule has 24 heavy (non-hydrogen) atoms. The molecule has 0 aromatic heterocycles. The van der Waals surface area contributed by atoms with Gasteiger partial charge in [0, 0.05) is 36.7 Å². The minimum Gasteiger partial charge on any atom is -0.328 e. The summed E-state index contributed by atoms with van der Waals surface area (Å²) in [7, 11) is 0. The molecular formula is C17H14ClF3N2O. The fourth-order valence-electron chi connectivity index (χ4n) is 3.20. The first-order chi connectivity index (χ1) is 11.5. The van der Waals surface area contributed by atoms with Crippen LogP contribution in [0.1, 0.15) is 23.0 Å². The summed E-state index contributed by atoms with van der Waals surface area (Å²) < 4.78 is 41.6. The lowest BCUT2D eigenvalue weighted by atomic mass is 9.83. The summed E-state index contributed by atoms with van der Waals surface area (Å²) in [5.41, 5.74) is 0.986. The second kappa shape index (κ2) is 6.83. The Hall–Kier alpha value is -2.05. The molecule has 3 rings (SSSR count). The average Bonchev–Trinajstić information content (AvgIpc) is 3.03. The van der Waals surface area contributed by atoms with Crippen LogP contribution in [0.3, 0.4) is 0 Å². The summed E-state index contributed by atoms with van der Waals surface area (Å²) in [6.45, 7) is 0.899. The molecular weight excluding hydrogens is 341 g/mol. The van der Waals surface area contributed by atoms with Crippen molar-refractivity contribution < 1.29 is 18.0 Å². The van der Waals surface area contributed by atoms with Crippen molar-refractivity contribution in [3.63, 3.8) is 0 Å². The van der Waals surface area contributed by atoms with Crippen molar-refractivity contribution in [3.05, 3.63) is 63.9 Å². The largest absolute Gasteiger partial charge is 0.328 e. The molecule has 2 aromatic rings. The van der Waals surface area contributed by atoms with Gasteiger partial charge in [-0.05, 0) is 23.3 Å². The molecule has 0 saturated carbocycles. The normalized spacial score (nSPS) is 20.2. The molecule has 1 aliphatic heterocycles. The zero-order valence-corrected chi connectivity index (χ0v) is 13.2. The standard InChI is InChI=1S/C17H14ClF3N2O/c18-13-3-1-2-9(17(13)21)11-6-22-7-12(11)10-4-14(19)15(20)5-16(10)23-8-24/h1-5,8,11-12,22H,6-7H2,(H,23,24). The summed E-state index contributed by atoms with van der Waals surface area (Å²) in [5.74, 6) is -3.25. The number of hydrogen-bond acceptors (Lipinski definition) is 2. The summed E-state index contributed by atoms with van der Waals surface area (Å²) in [4.78, 5) is 10.8. The van der Waals surface area contributed by atoms with Crippen molar-refractivity contribution in [1.82, 2.24) is 5.32 Å². The first-order valence-electron chi connectivity index (χ1n) is 7.36. The molecule has 0 radical (unpaired) electrons. The van der Waals surface area contributed by atoms with Gasteiger partial charge in [-0.25, -0.2) is 13.2 Å². The van der Waals surface area contributed by atoms with Crippen LogP contribution >= 0.6 is 11.6 Å². The van der Waals surface area contributed by atoms with Crippen molar-refractivity contribution in [1.29, 1.82) is 0 Å². The Kier molecular flexibility index (Phi) is 4.78. The SMILES string of the molecule is O=CNc1cc(F)c(F)cc1C1CNCC1c1cccc(Cl)c1F. The average molecular weight is 355 g/mol. The molecule has 2 unspecified atom stereocenters. The number of rotatable bonds is 4. The van der Waals surface area contributed by atoms with Crippen LogP contribution in [0.2, 0.25) is 5.02 Å². The second-order valence-corrected chi connectivity index (χ2v) is 6.04. The van der Waals surface area contributed by atoms with Gasteiger partial charge < -0.3 is 10.6 Å². The van der Waals surface area contributed by atoms with Gasteiger partial charge in [0.1, 0.15) is 5.82 Å². The van der Waals surface area contributed by atoms with Crippen molar-refractivity contribution >= 4 is 23.7 Å². The van der Waals surface area contributed by atoms with Crippen LogP contribution < -0.4 is 10.6 Å². The van der Waals surface area contributed by atoms with E-state index in [0.29, 0.717) is 30.6 Å². The molecule has 1 heterocycles. The maximum atomic E-state index is 14.4. The predicted octanol–water partition coefficient (Wildman–Crippen LogP) is 3.80. The number of halogens is 4. The molecule has 1 saturated heterocycles. The van der Waals surface area contributed by atoms with Crippen LogP contribution in [-0.2, 0) is 4.79 Å². The summed E-state index contributed by atoms with van der Waals surface area (Å²) in [5, 5.41) is 5.52. The van der Waals surface area contributed by atoms with E-state index in [0.717, 1.165) is 12.1 Å². The minimum atomic E-state index is -1.06. The van der Waals surface area contributed by atoms with Crippen molar-refractivity contribution in [3.8, 4) is 0 Å².